The SMILES string of the molecule is CCC(N)(CC)CCNCCCCC(C)C. The summed E-state index contributed by atoms with van der Waals surface area (Å²) in [6, 6.07) is 0. The molecule has 0 fully saturated rings. The molecule has 0 bridgehead atoms. The first-order valence-electron chi connectivity index (χ1n) is 7.03. The zero-order chi connectivity index (χ0) is 12.4. The van der Waals surface area contributed by atoms with Gasteiger partial charge in [-0.3, -0.25) is 0 Å². The normalized spacial score (nSPS) is 12.4. The minimum absolute atomic E-state index is 0.0604. The molecule has 0 aromatic carbocycles. The van der Waals surface area contributed by atoms with Crippen molar-refractivity contribution in [3.05, 3.63) is 0 Å². The maximum Gasteiger partial charge on any atom is 0.0161 e. The summed E-state index contributed by atoms with van der Waals surface area (Å²) in [6.45, 7) is 11.2. The molecule has 0 amide bonds. The number of hydrogen-bond acceptors (Lipinski definition) is 2. The third kappa shape index (κ3) is 8.12. The molecule has 0 aromatic rings. The highest BCUT2D eigenvalue weighted by Crippen LogP contribution is 2.14. The monoisotopic (exact) mass is 228 g/mol. The molecule has 0 aliphatic heterocycles. The molecule has 16 heavy (non-hydrogen) atoms. The second-order valence-corrected chi connectivity index (χ2v) is 5.46. The Morgan fingerprint density at radius 1 is 1.06 bits per heavy atom. The zero-order valence-electron chi connectivity index (χ0n) is 11.8. The lowest BCUT2D eigenvalue weighted by Crippen LogP contribution is -2.41. The van der Waals surface area contributed by atoms with Crippen LogP contribution in [0.1, 0.15) is 66.2 Å². The van der Waals surface area contributed by atoms with Gasteiger partial charge in [-0.1, -0.05) is 40.5 Å². The van der Waals surface area contributed by atoms with Crippen molar-refractivity contribution in [3.63, 3.8) is 0 Å². The molecule has 0 aliphatic rings. The lowest BCUT2D eigenvalue weighted by atomic mass is 9.90. The van der Waals surface area contributed by atoms with E-state index in [1.54, 1.807) is 0 Å². The largest absolute Gasteiger partial charge is 0.325 e. The minimum Gasteiger partial charge on any atom is -0.325 e. The molecular formula is C14H32N2. The maximum atomic E-state index is 6.24. The highest BCUT2D eigenvalue weighted by atomic mass is 14.9. The Balaban J connectivity index is 3.33. The Bertz CT molecular complexity index is 151. The molecule has 0 heterocycles. The molecule has 0 saturated carbocycles. The Hall–Kier alpha value is -0.0800. The first-order chi connectivity index (χ1) is 7.54. The Morgan fingerprint density at radius 3 is 2.19 bits per heavy atom. The molecule has 0 radical (unpaired) electrons. The van der Waals surface area contributed by atoms with Gasteiger partial charge in [-0.2, -0.15) is 0 Å². The van der Waals surface area contributed by atoms with Crippen LogP contribution in [0.4, 0.5) is 0 Å². The van der Waals surface area contributed by atoms with Crippen LogP contribution in [0.25, 0.3) is 0 Å². The summed E-state index contributed by atoms with van der Waals surface area (Å²) < 4.78 is 0. The zero-order valence-corrected chi connectivity index (χ0v) is 11.8. The molecule has 0 unspecified atom stereocenters. The molecule has 0 saturated heterocycles. The van der Waals surface area contributed by atoms with Crippen LogP contribution in [0, 0.1) is 5.92 Å². The quantitative estimate of drug-likeness (QED) is 0.563. The fraction of sp³-hybridized carbons (Fsp3) is 1.00. The molecule has 3 N–H and O–H groups in total. The van der Waals surface area contributed by atoms with Gasteiger partial charge in [0.15, 0.2) is 0 Å². The number of unbranched alkanes of at least 4 members (excludes halogenated alkanes) is 1. The van der Waals surface area contributed by atoms with Crippen LogP contribution in [0.2, 0.25) is 0 Å². The summed E-state index contributed by atoms with van der Waals surface area (Å²) in [7, 11) is 0. The van der Waals surface area contributed by atoms with E-state index >= 15 is 0 Å². The fourth-order valence-corrected chi connectivity index (χ4v) is 1.87. The summed E-state index contributed by atoms with van der Waals surface area (Å²) in [6.07, 6.45) is 7.27. The molecule has 0 aromatic heterocycles. The van der Waals surface area contributed by atoms with E-state index in [1.165, 1.54) is 19.3 Å². The first kappa shape index (κ1) is 15.9. The number of rotatable bonds is 10. The lowest BCUT2D eigenvalue weighted by molar-refractivity contribution is 0.357. The van der Waals surface area contributed by atoms with Crippen LogP contribution in [0.15, 0.2) is 0 Å². The van der Waals surface area contributed by atoms with Crippen molar-refractivity contribution in [2.75, 3.05) is 13.1 Å². The molecular weight excluding hydrogens is 196 g/mol. The summed E-state index contributed by atoms with van der Waals surface area (Å²) in [5, 5.41) is 3.50. The number of nitrogens with two attached hydrogens (primary N) is 1. The molecule has 2 nitrogen and oxygen atoms in total. The van der Waals surface area contributed by atoms with Crippen molar-refractivity contribution >= 4 is 0 Å². The third-order valence-electron chi connectivity index (χ3n) is 3.59. The van der Waals surface area contributed by atoms with Crippen molar-refractivity contribution in [2.24, 2.45) is 11.7 Å². The van der Waals surface area contributed by atoms with Crippen LogP contribution in [-0.4, -0.2) is 18.6 Å². The second kappa shape index (κ2) is 9.00. The van der Waals surface area contributed by atoms with Crippen molar-refractivity contribution in [1.82, 2.24) is 5.32 Å². The van der Waals surface area contributed by atoms with Crippen LogP contribution in [0.3, 0.4) is 0 Å². The summed E-state index contributed by atoms with van der Waals surface area (Å²) in [5.41, 5.74) is 6.30. The predicted molar refractivity (Wildman–Crippen MR) is 73.7 cm³/mol. The first-order valence-corrected chi connectivity index (χ1v) is 7.03. The molecule has 0 rings (SSSR count). The average molecular weight is 228 g/mol. The van der Waals surface area contributed by atoms with Gasteiger partial charge in [0.25, 0.3) is 0 Å². The Morgan fingerprint density at radius 2 is 1.69 bits per heavy atom. The van der Waals surface area contributed by atoms with Crippen molar-refractivity contribution < 1.29 is 0 Å². The molecule has 0 spiro atoms. The van der Waals surface area contributed by atoms with Gasteiger partial charge in [0.1, 0.15) is 0 Å². The van der Waals surface area contributed by atoms with E-state index in [0.29, 0.717) is 0 Å². The molecule has 98 valence electrons. The van der Waals surface area contributed by atoms with Crippen LogP contribution in [-0.2, 0) is 0 Å². The Labute approximate surface area is 102 Å². The van der Waals surface area contributed by atoms with E-state index < -0.39 is 0 Å². The fourth-order valence-electron chi connectivity index (χ4n) is 1.87. The van der Waals surface area contributed by atoms with Crippen LogP contribution in [0.5, 0.6) is 0 Å². The summed E-state index contributed by atoms with van der Waals surface area (Å²) in [4.78, 5) is 0. The highest BCUT2D eigenvalue weighted by Gasteiger charge is 2.18. The second-order valence-electron chi connectivity index (χ2n) is 5.46. The lowest BCUT2D eigenvalue weighted by Gasteiger charge is -2.26. The van der Waals surface area contributed by atoms with Gasteiger partial charge in [0.05, 0.1) is 0 Å². The smallest absolute Gasteiger partial charge is 0.0161 e. The van der Waals surface area contributed by atoms with E-state index in [4.69, 9.17) is 5.73 Å². The van der Waals surface area contributed by atoms with E-state index in [-0.39, 0.29) is 5.54 Å². The average Bonchev–Trinajstić information content (AvgIpc) is 2.27. The van der Waals surface area contributed by atoms with E-state index in [1.807, 2.05) is 0 Å². The standard InChI is InChI=1S/C14H32N2/c1-5-14(15,6-2)10-12-16-11-8-7-9-13(3)4/h13,16H,5-12,15H2,1-4H3. The van der Waals surface area contributed by atoms with Gasteiger partial charge in [-0.25, -0.2) is 0 Å². The van der Waals surface area contributed by atoms with Gasteiger partial charge in [0, 0.05) is 5.54 Å². The maximum absolute atomic E-state index is 6.24. The van der Waals surface area contributed by atoms with Crippen molar-refractivity contribution in [3.8, 4) is 0 Å². The van der Waals surface area contributed by atoms with Gasteiger partial charge < -0.3 is 11.1 Å². The van der Waals surface area contributed by atoms with Crippen LogP contribution >= 0.6 is 0 Å². The van der Waals surface area contributed by atoms with Gasteiger partial charge in [-0.05, 0) is 44.7 Å². The predicted octanol–water partition coefficient (Wildman–Crippen LogP) is 3.31. The van der Waals surface area contributed by atoms with Gasteiger partial charge in [-0.15, -0.1) is 0 Å². The van der Waals surface area contributed by atoms with Crippen molar-refractivity contribution in [2.45, 2.75) is 71.8 Å². The highest BCUT2D eigenvalue weighted by molar-refractivity contribution is 4.81. The van der Waals surface area contributed by atoms with E-state index in [0.717, 1.165) is 38.3 Å². The molecule has 0 atom stereocenters. The third-order valence-corrected chi connectivity index (χ3v) is 3.59. The summed E-state index contributed by atoms with van der Waals surface area (Å²) in [5.74, 6) is 0.844. The van der Waals surface area contributed by atoms with Crippen molar-refractivity contribution in [1.29, 1.82) is 0 Å². The van der Waals surface area contributed by atoms with E-state index in [2.05, 4.69) is 33.0 Å². The van der Waals surface area contributed by atoms with Gasteiger partial charge in [0.2, 0.25) is 0 Å². The summed E-state index contributed by atoms with van der Waals surface area (Å²) >= 11 is 0. The van der Waals surface area contributed by atoms with Gasteiger partial charge >= 0.3 is 0 Å². The molecule has 0 aliphatic carbocycles. The van der Waals surface area contributed by atoms with E-state index in [9.17, 15) is 0 Å². The number of hydrogen-bond donors (Lipinski definition) is 2. The minimum atomic E-state index is 0.0604. The molecule has 2 heteroatoms. The topological polar surface area (TPSA) is 38.0 Å². The number of nitrogens with one attached hydrogen (secondary N) is 1. The Kier molecular flexibility index (Phi) is 8.96. The van der Waals surface area contributed by atoms with Crippen LogP contribution < -0.4 is 11.1 Å².